The van der Waals surface area contributed by atoms with Gasteiger partial charge in [0.25, 0.3) is 0 Å². The molecule has 0 N–H and O–H groups in total. The molecule has 0 unspecified atom stereocenters. The Morgan fingerprint density at radius 3 is 2.47 bits per heavy atom. The van der Waals surface area contributed by atoms with E-state index in [2.05, 4.69) is 0 Å². The van der Waals surface area contributed by atoms with E-state index in [-0.39, 0.29) is 12.5 Å². The van der Waals surface area contributed by atoms with E-state index >= 15 is 0 Å². The maximum atomic E-state index is 11.4. The summed E-state index contributed by atoms with van der Waals surface area (Å²) in [6, 6.07) is 5.70. The van der Waals surface area contributed by atoms with Crippen LogP contribution < -0.4 is 9.47 Å². The van der Waals surface area contributed by atoms with Crippen LogP contribution in [0.15, 0.2) is 18.2 Å². The van der Waals surface area contributed by atoms with Crippen LogP contribution in [0, 0.1) is 0 Å². The zero-order valence-corrected chi connectivity index (χ0v) is 11.9. The number of methoxy groups -OCH3 is 2. The van der Waals surface area contributed by atoms with E-state index in [9.17, 15) is 4.79 Å². The molecule has 0 saturated heterocycles. The van der Waals surface area contributed by atoms with Crippen molar-refractivity contribution in [2.24, 2.45) is 0 Å². The van der Waals surface area contributed by atoms with Gasteiger partial charge >= 0.3 is 5.97 Å². The Hall–Kier alpha value is -1.75. The first-order valence-electron chi connectivity index (χ1n) is 6.15. The molecule has 19 heavy (non-hydrogen) atoms. The molecule has 0 saturated carbocycles. The highest BCUT2D eigenvalue weighted by Crippen LogP contribution is 2.27. The minimum Gasteiger partial charge on any atom is -0.493 e. The fourth-order valence-electron chi connectivity index (χ4n) is 1.77. The molecule has 0 spiro atoms. The Morgan fingerprint density at radius 1 is 1.21 bits per heavy atom. The number of esters is 1. The highest BCUT2D eigenvalue weighted by molar-refractivity contribution is 5.71. The van der Waals surface area contributed by atoms with E-state index in [0.717, 1.165) is 5.56 Å². The second kappa shape index (κ2) is 7.63. The average molecular weight is 267 g/mol. The van der Waals surface area contributed by atoms with Crippen molar-refractivity contribution < 1.29 is 19.0 Å². The summed E-state index contributed by atoms with van der Waals surface area (Å²) in [6.45, 7) is 3.11. The Bertz CT molecular complexity index is 420. The quantitative estimate of drug-likeness (QED) is 0.704. The van der Waals surface area contributed by atoms with E-state index in [4.69, 9.17) is 14.2 Å². The minimum absolute atomic E-state index is 0.217. The molecule has 0 fully saturated rings. The molecular formula is C14H21NO4. The smallest absolute Gasteiger partial charge is 0.320 e. The lowest BCUT2D eigenvalue weighted by Crippen LogP contribution is -2.27. The van der Waals surface area contributed by atoms with Crippen molar-refractivity contribution in [3.05, 3.63) is 23.8 Å². The van der Waals surface area contributed by atoms with Crippen LogP contribution in [0.25, 0.3) is 0 Å². The third-order valence-electron chi connectivity index (χ3n) is 2.60. The first-order chi connectivity index (χ1) is 9.10. The van der Waals surface area contributed by atoms with Crippen LogP contribution in [0.1, 0.15) is 12.5 Å². The number of carbonyl (C=O) groups excluding carboxylic acids is 1. The second-order valence-electron chi connectivity index (χ2n) is 4.17. The number of likely N-dealkylation sites (N-methyl/N-ethyl adjacent to an activating group) is 1. The van der Waals surface area contributed by atoms with Gasteiger partial charge in [0.15, 0.2) is 11.5 Å². The number of ether oxygens (including phenoxy) is 3. The van der Waals surface area contributed by atoms with Gasteiger partial charge in [-0.3, -0.25) is 9.69 Å². The summed E-state index contributed by atoms with van der Waals surface area (Å²) in [5.74, 6) is 1.16. The summed E-state index contributed by atoms with van der Waals surface area (Å²) in [5.41, 5.74) is 1.05. The van der Waals surface area contributed by atoms with Gasteiger partial charge in [0.05, 0.1) is 27.4 Å². The lowest BCUT2D eigenvalue weighted by Gasteiger charge is -2.16. The topological polar surface area (TPSA) is 48.0 Å². The predicted molar refractivity (Wildman–Crippen MR) is 72.5 cm³/mol. The van der Waals surface area contributed by atoms with Gasteiger partial charge in [-0.05, 0) is 31.7 Å². The summed E-state index contributed by atoms with van der Waals surface area (Å²) in [5, 5.41) is 0. The Labute approximate surface area is 114 Å². The van der Waals surface area contributed by atoms with Crippen LogP contribution in [-0.4, -0.2) is 45.3 Å². The average Bonchev–Trinajstić information content (AvgIpc) is 2.38. The molecule has 1 aromatic rings. The van der Waals surface area contributed by atoms with Gasteiger partial charge < -0.3 is 14.2 Å². The van der Waals surface area contributed by atoms with E-state index < -0.39 is 0 Å². The van der Waals surface area contributed by atoms with E-state index in [1.54, 1.807) is 21.1 Å². The maximum absolute atomic E-state index is 11.4. The summed E-state index contributed by atoms with van der Waals surface area (Å²) in [7, 11) is 5.07. The molecule has 0 aliphatic rings. The van der Waals surface area contributed by atoms with Gasteiger partial charge in [-0.15, -0.1) is 0 Å². The van der Waals surface area contributed by atoms with Crippen molar-refractivity contribution in [3.63, 3.8) is 0 Å². The number of benzene rings is 1. The predicted octanol–water partition coefficient (Wildman–Crippen LogP) is 1.70. The van der Waals surface area contributed by atoms with Crippen LogP contribution >= 0.6 is 0 Å². The van der Waals surface area contributed by atoms with Crippen LogP contribution in [0.3, 0.4) is 0 Å². The number of hydrogen-bond acceptors (Lipinski definition) is 5. The molecule has 5 nitrogen and oxygen atoms in total. The van der Waals surface area contributed by atoms with Crippen molar-refractivity contribution in [3.8, 4) is 11.5 Å². The number of rotatable bonds is 7. The van der Waals surface area contributed by atoms with Crippen molar-refractivity contribution in [2.75, 3.05) is 34.4 Å². The lowest BCUT2D eigenvalue weighted by molar-refractivity contribution is -0.144. The van der Waals surface area contributed by atoms with Crippen LogP contribution in [0.4, 0.5) is 0 Å². The monoisotopic (exact) mass is 267 g/mol. The molecule has 0 aromatic heterocycles. The number of carbonyl (C=O) groups is 1. The first kappa shape index (κ1) is 15.3. The van der Waals surface area contributed by atoms with E-state index in [1.807, 2.05) is 30.1 Å². The third-order valence-corrected chi connectivity index (χ3v) is 2.60. The first-order valence-corrected chi connectivity index (χ1v) is 6.15. The van der Waals surface area contributed by atoms with Crippen LogP contribution in [0.2, 0.25) is 0 Å². The summed E-state index contributed by atoms with van der Waals surface area (Å²) < 4.78 is 15.3. The van der Waals surface area contributed by atoms with E-state index in [1.165, 1.54) is 0 Å². The molecule has 0 amide bonds. The van der Waals surface area contributed by atoms with Gasteiger partial charge in [0.1, 0.15) is 0 Å². The number of hydrogen-bond donors (Lipinski definition) is 0. The molecule has 0 atom stereocenters. The molecule has 0 bridgehead atoms. The Morgan fingerprint density at radius 2 is 1.89 bits per heavy atom. The molecule has 5 heteroatoms. The number of nitrogens with zero attached hydrogens (tertiary/aromatic N) is 1. The van der Waals surface area contributed by atoms with E-state index in [0.29, 0.717) is 24.7 Å². The molecule has 0 aliphatic carbocycles. The zero-order valence-electron chi connectivity index (χ0n) is 11.9. The lowest BCUT2D eigenvalue weighted by atomic mass is 10.2. The van der Waals surface area contributed by atoms with Gasteiger partial charge in [-0.1, -0.05) is 6.07 Å². The highest BCUT2D eigenvalue weighted by atomic mass is 16.5. The fraction of sp³-hybridized carbons (Fsp3) is 0.500. The normalized spacial score (nSPS) is 10.4. The molecular weight excluding hydrogens is 246 g/mol. The standard InChI is InChI=1S/C14H21NO4/c1-5-19-14(16)10-15(2)9-11-6-7-12(17-3)13(8-11)18-4/h6-8H,5,9-10H2,1-4H3. The molecule has 0 radical (unpaired) electrons. The zero-order chi connectivity index (χ0) is 14.3. The van der Waals surface area contributed by atoms with Gasteiger partial charge in [0.2, 0.25) is 0 Å². The Balaban J connectivity index is 2.64. The summed E-state index contributed by atoms with van der Waals surface area (Å²) in [4.78, 5) is 13.2. The molecule has 1 aromatic carbocycles. The molecule has 1 rings (SSSR count). The van der Waals surface area contributed by atoms with Crippen LogP contribution in [0.5, 0.6) is 11.5 Å². The van der Waals surface area contributed by atoms with Gasteiger partial charge in [0, 0.05) is 6.54 Å². The minimum atomic E-state index is -0.217. The Kier molecular flexibility index (Phi) is 6.15. The van der Waals surface area contributed by atoms with Gasteiger partial charge in [-0.2, -0.15) is 0 Å². The van der Waals surface area contributed by atoms with Crippen LogP contribution in [-0.2, 0) is 16.1 Å². The largest absolute Gasteiger partial charge is 0.493 e. The summed E-state index contributed by atoms with van der Waals surface area (Å²) in [6.07, 6.45) is 0. The van der Waals surface area contributed by atoms with Gasteiger partial charge in [-0.25, -0.2) is 0 Å². The molecule has 106 valence electrons. The van der Waals surface area contributed by atoms with Crippen molar-refractivity contribution in [1.29, 1.82) is 0 Å². The molecule has 0 heterocycles. The van der Waals surface area contributed by atoms with Crippen molar-refractivity contribution in [1.82, 2.24) is 4.90 Å². The van der Waals surface area contributed by atoms with Crippen molar-refractivity contribution in [2.45, 2.75) is 13.5 Å². The highest BCUT2D eigenvalue weighted by Gasteiger charge is 2.10. The molecule has 0 aliphatic heterocycles. The fourth-order valence-corrected chi connectivity index (χ4v) is 1.77. The summed E-state index contributed by atoms with van der Waals surface area (Å²) >= 11 is 0. The third kappa shape index (κ3) is 4.79. The second-order valence-corrected chi connectivity index (χ2v) is 4.17. The van der Waals surface area contributed by atoms with Crippen molar-refractivity contribution >= 4 is 5.97 Å². The maximum Gasteiger partial charge on any atom is 0.320 e. The SMILES string of the molecule is CCOC(=O)CN(C)Cc1ccc(OC)c(OC)c1.